The number of piperidine rings is 1. The molecule has 1 aromatic heterocycles. The van der Waals surface area contributed by atoms with Gasteiger partial charge in [-0.15, -0.1) is 0 Å². The lowest BCUT2D eigenvalue weighted by Gasteiger charge is -2.30. The Balaban J connectivity index is 1.78. The number of hydrogen-bond donors (Lipinski definition) is 1. The molecule has 5 heteroatoms. The highest BCUT2D eigenvalue weighted by Crippen LogP contribution is 2.25. The predicted molar refractivity (Wildman–Crippen MR) is 82.4 cm³/mol. The first kappa shape index (κ1) is 14.3. The van der Waals surface area contributed by atoms with Gasteiger partial charge in [0.2, 0.25) is 0 Å². The molecule has 3 rings (SSSR count). The van der Waals surface area contributed by atoms with Crippen molar-refractivity contribution >= 4 is 28.5 Å². The number of fused-ring (bicyclic) bond motifs is 1. The molecule has 0 unspecified atom stereocenters. The molecule has 0 bridgehead atoms. The van der Waals surface area contributed by atoms with E-state index in [1.165, 1.54) is 0 Å². The molecule has 0 aliphatic carbocycles. The molecule has 2 aromatic rings. The maximum absolute atomic E-state index is 11.0. The van der Waals surface area contributed by atoms with Crippen LogP contribution in [-0.2, 0) is 11.3 Å². The largest absolute Gasteiger partial charge is 0.481 e. The SMILES string of the molecule is O=C(O)C1CCN(Cc2cc(Cl)cc3cccnc23)CC1. The van der Waals surface area contributed by atoms with Crippen molar-refractivity contribution < 1.29 is 9.90 Å². The van der Waals surface area contributed by atoms with E-state index in [4.69, 9.17) is 16.7 Å². The van der Waals surface area contributed by atoms with Crippen molar-refractivity contribution in [2.24, 2.45) is 5.92 Å². The number of pyridine rings is 1. The van der Waals surface area contributed by atoms with Crippen LogP contribution in [-0.4, -0.2) is 34.0 Å². The van der Waals surface area contributed by atoms with E-state index in [0.717, 1.165) is 36.1 Å². The van der Waals surface area contributed by atoms with Gasteiger partial charge in [-0.2, -0.15) is 0 Å². The van der Waals surface area contributed by atoms with Gasteiger partial charge in [-0.05, 0) is 49.7 Å². The van der Waals surface area contributed by atoms with E-state index in [0.29, 0.717) is 17.9 Å². The molecular formula is C16H17ClN2O2. The summed E-state index contributed by atoms with van der Waals surface area (Å²) in [4.78, 5) is 17.7. The van der Waals surface area contributed by atoms with Gasteiger partial charge >= 0.3 is 5.97 Å². The zero-order chi connectivity index (χ0) is 14.8. The molecule has 1 aliphatic heterocycles. The van der Waals surface area contributed by atoms with Crippen LogP contribution in [0.2, 0.25) is 5.02 Å². The van der Waals surface area contributed by atoms with Gasteiger partial charge in [-0.25, -0.2) is 0 Å². The molecule has 0 atom stereocenters. The van der Waals surface area contributed by atoms with E-state index < -0.39 is 5.97 Å². The molecule has 1 fully saturated rings. The molecule has 0 amide bonds. The number of aliphatic carboxylic acids is 1. The van der Waals surface area contributed by atoms with E-state index in [1.807, 2.05) is 24.3 Å². The number of carboxylic acids is 1. The number of hydrogen-bond acceptors (Lipinski definition) is 3. The van der Waals surface area contributed by atoms with Gasteiger partial charge in [-0.3, -0.25) is 14.7 Å². The molecule has 1 aromatic carbocycles. The van der Waals surface area contributed by atoms with Crippen LogP contribution in [0.3, 0.4) is 0 Å². The van der Waals surface area contributed by atoms with E-state index >= 15 is 0 Å². The summed E-state index contributed by atoms with van der Waals surface area (Å²) < 4.78 is 0. The second-order valence-corrected chi connectivity index (χ2v) is 5.97. The lowest BCUT2D eigenvalue weighted by molar-refractivity contribution is -0.143. The Labute approximate surface area is 128 Å². The van der Waals surface area contributed by atoms with Crippen LogP contribution in [0.25, 0.3) is 10.9 Å². The standard InChI is InChI=1S/C16H17ClN2O2/c17-14-8-12-2-1-5-18-15(12)13(9-14)10-19-6-3-11(4-7-19)16(20)21/h1-2,5,8-9,11H,3-4,6-7,10H2,(H,20,21). The van der Waals surface area contributed by atoms with Gasteiger partial charge in [0.1, 0.15) is 0 Å². The van der Waals surface area contributed by atoms with Crippen LogP contribution in [0.5, 0.6) is 0 Å². The van der Waals surface area contributed by atoms with E-state index in [-0.39, 0.29) is 5.92 Å². The van der Waals surface area contributed by atoms with Crippen molar-refractivity contribution in [1.29, 1.82) is 0 Å². The number of halogens is 1. The summed E-state index contributed by atoms with van der Waals surface area (Å²) >= 11 is 6.18. The summed E-state index contributed by atoms with van der Waals surface area (Å²) in [7, 11) is 0. The number of aromatic nitrogens is 1. The molecule has 0 radical (unpaired) electrons. The summed E-state index contributed by atoms with van der Waals surface area (Å²) in [5.74, 6) is -0.875. The molecule has 1 saturated heterocycles. The molecule has 2 heterocycles. The molecule has 1 aliphatic rings. The number of benzene rings is 1. The van der Waals surface area contributed by atoms with E-state index in [1.54, 1.807) is 6.20 Å². The zero-order valence-electron chi connectivity index (χ0n) is 11.6. The van der Waals surface area contributed by atoms with Gasteiger partial charge in [0.25, 0.3) is 0 Å². The first-order valence-electron chi connectivity index (χ1n) is 7.12. The highest BCUT2D eigenvalue weighted by Gasteiger charge is 2.24. The molecule has 110 valence electrons. The fourth-order valence-electron chi connectivity index (χ4n) is 2.93. The number of carboxylic acid groups (broad SMARTS) is 1. The average Bonchev–Trinajstić information content (AvgIpc) is 2.47. The molecule has 1 N–H and O–H groups in total. The topological polar surface area (TPSA) is 53.4 Å². The van der Waals surface area contributed by atoms with Gasteiger partial charge in [0, 0.05) is 23.2 Å². The lowest BCUT2D eigenvalue weighted by Crippen LogP contribution is -2.35. The Kier molecular flexibility index (Phi) is 4.08. The Hall–Kier alpha value is -1.65. The summed E-state index contributed by atoms with van der Waals surface area (Å²) in [6.07, 6.45) is 3.21. The van der Waals surface area contributed by atoms with Crippen molar-refractivity contribution in [3.8, 4) is 0 Å². The number of likely N-dealkylation sites (tertiary alicyclic amines) is 1. The van der Waals surface area contributed by atoms with Gasteiger partial charge in [0.05, 0.1) is 11.4 Å². The Morgan fingerprint density at radius 1 is 1.38 bits per heavy atom. The molecule has 21 heavy (non-hydrogen) atoms. The first-order chi connectivity index (χ1) is 10.1. The molecule has 0 saturated carbocycles. The molecular weight excluding hydrogens is 288 g/mol. The van der Waals surface area contributed by atoms with Crippen LogP contribution in [0.1, 0.15) is 18.4 Å². The van der Waals surface area contributed by atoms with E-state index in [9.17, 15) is 4.79 Å². The lowest BCUT2D eigenvalue weighted by atomic mass is 9.96. The number of rotatable bonds is 3. The minimum atomic E-state index is -0.676. The monoisotopic (exact) mass is 304 g/mol. The third-order valence-electron chi connectivity index (χ3n) is 4.08. The van der Waals surface area contributed by atoms with Gasteiger partial charge in [-0.1, -0.05) is 17.7 Å². The quantitative estimate of drug-likeness (QED) is 0.946. The van der Waals surface area contributed by atoms with Crippen molar-refractivity contribution in [2.45, 2.75) is 19.4 Å². The van der Waals surface area contributed by atoms with Crippen molar-refractivity contribution in [1.82, 2.24) is 9.88 Å². The van der Waals surface area contributed by atoms with Crippen LogP contribution in [0.4, 0.5) is 0 Å². The van der Waals surface area contributed by atoms with Crippen molar-refractivity contribution in [3.05, 3.63) is 41.0 Å². The smallest absolute Gasteiger partial charge is 0.306 e. The summed E-state index contributed by atoms with van der Waals surface area (Å²) in [5.41, 5.74) is 2.08. The second-order valence-electron chi connectivity index (χ2n) is 5.53. The van der Waals surface area contributed by atoms with Crippen LogP contribution < -0.4 is 0 Å². The van der Waals surface area contributed by atoms with Crippen LogP contribution >= 0.6 is 11.6 Å². The fraction of sp³-hybridized carbons (Fsp3) is 0.375. The van der Waals surface area contributed by atoms with Crippen LogP contribution in [0, 0.1) is 5.92 Å². The summed E-state index contributed by atoms with van der Waals surface area (Å²) in [6, 6.07) is 7.79. The van der Waals surface area contributed by atoms with Crippen molar-refractivity contribution in [3.63, 3.8) is 0 Å². The van der Waals surface area contributed by atoms with Crippen molar-refractivity contribution in [2.75, 3.05) is 13.1 Å². The zero-order valence-corrected chi connectivity index (χ0v) is 12.4. The fourth-order valence-corrected chi connectivity index (χ4v) is 3.18. The average molecular weight is 305 g/mol. The molecule has 4 nitrogen and oxygen atoms in total. The number of carbonyl (C=O) groups is 1. The minimum Gasteiger partial charge on any atom is -0.481 e. The Morgan fingerprint density at radius 2 is 2.14 bits per heavy atom. The summed E-state index contributed by atoms with van der Waals surface area (Å²) in [5, 5.41) is 10.8. The highest BCUT2D eigenvalue weighted by molar-refractivity contribution is 6.31. The minimum absolute atomic E-state index is 0.199. The first-order valence-corrected chi connectivity index (χ1v) is 7.49. The Morgan fingerprint density at radius 3 is 2.86 bits per heavy atom. The predicted octanol–water partition coefficient (Wildman–Crippen LogP) is 3.18. The number of nitrogens with zero attached hydrogens (tertiary/aromatic N) is 2. The summed E-state index contributed by atoms with van der Waals surface area (Å²) in [6.45, 7) is 2.37. The third-order valence-corrected chi connectivity index (χ3v) is 4.30. The Bertz CT molecular complexity index is 666. The van der Waals surface area contributed by atoms with Gasteiger partial charge < -0.3 is 5.11 Å². The maximum atomic E-state index is 11.0. The third kappa shape index (κ3) is 3.17. The molecule has 0 spiro atoms. The van der Waals surface area contributed by atoms with Crippen LogP contribution in [0.15, 0.2) is 30.5 Å². The van der Waals surface area contributed by atoms with E-state index in [2.05, 4.69) is 9.88 Å². The maximum Gasteiger partial charge on any atom is 0.306 e. The highest BCUT2D eigenvalue weighted by atomic mass is 35.5. The normalized spacial score (nSPS) is 17.2. The second kappa shape index (κ2) is 6.00. The van der Waals surface area contributed by atoms with Gasteiger partial charge in [0.15, 0.2) is 0 Å².